The zero-order valence-electron chi connectivity index (χ0n) is 20.1. The van der Waals surface area contributed by atoms with Gasteiger partial charge in [-0.15, -0.1) is 0 Å². The van der Waals surface area contributed by atoms with Crippen LogP contribution in [0, 0.1) is 0 Å². The zero-order valence-corrected chi connectivity index (χ0v) is 20.1. The van der Waals surface area contributed by atoms with E-state index in [1.165, 1.54) is 89.9 Å². The normalized spacial score (nSPS) is 22.5. The summed E-state index contributed by atoms with van der Waals surface area (Å²) in [6.07, 6.45) is 22.3. The zero-order chi connectivity index (χ0) is 22.6. The SMILES string of the molecule is CCCCCCCC/C=C/CCCCCCCCCCO[C@@H](CO)[C@@H]1OC[C@@H](O)[C@@H]1O. The quantitative estimate of drug-likeness (QED) is 0.166. The average Bonchev–Trinajstić information content (AvgIpc) is 3.11. The molecule has 0 bridgehead atoms. The molecule has 1 saturated heterocycles. The van der Waals surface area contributed by atoms with E-state index in [9.17, 15) is 15.3 Å². The number of rotatable bonds is 21. The molecule has 1 fully saturated rings. The Morgan fingerprint density at radius 1 is 0.806 bits per heavy atom. The Hall–Kier alpha value is -0.460. The Labute approximate surface area is 191 Å². The van der Waals surface area contributed by atoms with Gasteiger partial charge in [0.1, 0.15) is 24.4 Å². The maximum atomic E-state index is 9.85. The maximum absolute atomic E-state index is 9.85. The Morgan fingerprint density at radius 3 is 1.81 bits per heavy atom. The number of allylic oxidation sites excluding steroid dienone is 2. The lowest BCUT2D eigenvalue weighted by Gasteiger charge is -2.24. The van der Waals surface area contributed by atoms with E-state index in [2.05, 4.69) is 19.1 Å². The Kier molecular flexibility index (Phi) is 18.6. The summed E-state index contributed by atoms with van der Waals surface area (Å²) >= 11 is 0. The molecule has 0 aromatic heterocycles. The van der Waals surface area contributed by atoms with Crippen LogP contribution in [0.5, 0.6) is 0 Å². The molecule has 1 heterocycles. The molecule has 0 radical (unpaired) electrons. The van der Waals surface area contributed by atoms with Crippen molar-refractivity contribution in [3.05, 3.63) is 12.2 Å². The molecule has 0 aliphatic carbocycles. The Bertz CT molecular complexity index is 415. The van der Waals surface area contributed by atoms with Crippen LogP contribution < -0.4 is 0 Å². The molecule has 0 aromatic carbocycles. The van der Waals surface area contributed by atoms with Crippen molar-refractivity contribution in [1.82, 2.24) is 0 Å². The lowest BCUT2D eigenvalue weighted by Crippen LogP contribution is -2.42. The second-order valence-electron chi connectivity index (χ2n) is 9.09. The van der Waals surface area contributed by atoms with E-state index in [-0.39, 0.29) is 13.2 Å². The van der Waals surface area contributed by atoms with Crippen LogP contribution in [0.2, 0.25) is 0 Å². The summed E-state index contributed by atoms with van der Waals surface area (Å²) in [7, 11) is 0. The van der Waals surface area contributed by atoms with Gasteiger partial charge in [-0.05, 0) is 32.1 Å². The van der Waals surface area contributed by atoms with Crippen molar-refractivity contribution in [2.24, 2.45) is 0 Å². The van der Waals surface area contributed by atoms with E-state index >= 15 is 0 Å². The number of hydrogen-bond acceptors (Lipinski definition) is 5. The lowest BCUT2D eigenvalue weighted by molar-refractivity contribution is -0.101. The molecular formula is C26H50O5. The van der Waals surface area contributed by atoms with Crippen LogP contribution >= 0.6 is 0 Å². The van der Waals surface area contributed by atoms with Crippen LogP contribution in [0.15, 0.2) is 12.2 Å². The minimum absolute atomic E-state index is 0.0984. The predicted octanol–water partition coefficient (Wildman–Crippen LogP) is 5.30. The van der Waals surface area contributed by atoms with Gasteiger partial charge >= 0.3 is 0 Å². The fourth-order valence-corrected chi connectivity index (χ4v) is 4.14. The fraction of sp³-hybridized carbons (Fsp3) is 0.923. The molecule has 5 nitrogen and oxygen atoms in total. The first kappa shape index (κ1) is 28.6. The highest BCUT2D eigenvalue weighted by molar-refractivity contribution is 4.88. The molecule has 184 valence electrons. The first-order valence-corrected chi connectivity index (χ1v) is 13.1. The van der Waals surface area contributed by atoms with Crippen LogP contribution in [0.3, 0.4) is 0 Å². The monoisotopic (exact) mass is 442 g/mol. The molecule has 3 N–H and O–H groups in total. The molecule has 31 heavy (non-hydrogen) atoms. The number of ether oxygens (including phenoxy) is 2. The molecule has 1 aliphatic heterocycles. The first-order chi connectivity index (χ1) is 15.2. The Balaban J connectivity index is 1.82. The summed E-state index contributed by atoms with van der Waals surface area (Å²) < 4.78 is 11.0. The number of unbranched alkanes of at least 4 members (excludes halogenated alkanes) is 14. The van der Waals surface area contributed by atoms with Crippen LogP contribution in [0.25, 0.3) is 0 Å². The van der Waals surface area contributed by atoms with Gasteiger partial charge in [0.2, 0.25) is 0 Å². The fourth-order valence-electron chi connectivity index (χ4n) is 4.14. The predicted molar refractivity (Wildman–Crippen MR) is 127 cm³/mol. The van der Waals surface area contributed by atoms with Crippen LogP contribution in [0.1, 0.15) is 110 Å². The summed E-state index contributed by atoms with van der Waals surface area (Å²) in [5, 5.41) is 28.8. The first-order valence-electron chi connectivity index (χ1n) is 13.1. The molecule has 0 unspecified atom stereocenters. The highest BCUT2D eigenvalue weighted by Crippen LogP contribution is 2.20. The summed E-state index contributed by atoms with van der Waals surface area (Å²) in [6, 6.07) is 0. The van der Waals surface area contributed by atoms with Crippen molar-refractivity contribution in [3.8, 4) is 0 Å². The van der Waals surface area contributed by atoms with Crippen LogP contribution in [-0.2, 0) is 9.47 Å². The molecule has 1 aliphatic rings. The largest absolute Gasteiger partial charge is 0.394 e. The number of hydrogen-bond donors (Lipinski definition) is 3. The number of aliphatic hydroxyl groups excluding tert-OH is 3. The van der Waals surface area contributed by atoms with Crippen molar-refractivity contribution in [2.45, 2.75) is 134 Å². The second-order valence-corrected chi connectivity index (χ2v) is 9.09. The van der Waals surface area contributed by atoms with Gasteiger partial charge in [0.25, 0.3) is 0 Å². The maximum Gasteiger partial charge on any atom is 0.114 e. The molecule has 0 aromatic rings. The summed E-state index contributed by atoms with van der Waals surface area (Å²) in [5.41, 5.74) is 0. The van der Waals surface area contributed by atoms with Crippen molar-refractivity contribution < 1.29 is 24.8 Å². The van der Waals surface area contributed by atoms with Gasteiger partial charge in [-0.2, -0.15) is 0 Å². The van der Waals surface area contributed by atoms with E-state index in [0.29, 0.717) is 6.61 Å². The summed E-state index contributed by atoms with van der Waals surface area (Å²) in [4.78, 5) is 0. The standard InChI is InChI=1S/C26H50O5/c1-2-3-4-5-6-7-8-9-10-11-12-13-14-15-16-17-18-19-20-30-24(21-27)26-25(29)23(28)22-31-26/h9-10,23-29H,2-8,11-22H2,1H3/b10-9+/t23-,24+,25+,26+/m1/s1. The number of aliphatic hydroxyl groups is 3. The van der Waals surface area contributed by atoms with Crippen molar-refractivity contribution >= 4 is 0 Å². The lowest BCUT2D eigenvalue weighted by atomic mass is 10.1. The van der Waals surface area contributed by atoms with Gasteiger partial charge in [0, 0.05) is 6.61 Å². The van der Waals surface area contributed by atoms with Gasteiger partial charge in [0.05, 0.1) is 13.2 Å². The summed E-state index contributed by atoms with van der Waals surface area (Å²) in [5.74, 6) is 0. The Morgan fingerprint density at radius 2 is 1.32 bits per heavy atom. The molecular weight excluding hydrogens is 392 g/mol. The summed E-state index contributed by atoms with van der Waals surface area (Å²) in [6.45, 7) is 2.72. The smallest absolute Gasteiger partial charge is 0.114 e. The molecule has 0 spiro atoms. The highest BCUT2D eigenvalue weighted by atomic mass is 16.6. The topological polar surface area (TPSA) is 79.2 Å². The van der Waals surface area contributed by atoms with Crippen LogP contribution in [-0.4, -0.2) is 59.6 Å². The third kappa shape index (κ3) is 14.3. The molecule has 1 rings (SSSR count). The average molecular weight is 443 g/mol. The molecule has 5 heteroatoms. The molecule has 0 amide bonds. The van der Waals surface area contributed by atoms with Gasteiger partial charge in [-0.1, -0.05) is 89.7 Å². The third-order valence-electron chi connectivity index (χ3n) is 6.22. The van der Waals surface area contributed by atoms with Gasteiger partial charge in [-0.3, -0.25) is 0 Å². The second kappa shape index (κ2) is 20.2. The molecule has 4 atom stereocenters. The van der Waals surface area contributed by atoms with Gasteiger partial charge < -0.3 is 24.8 Å². The van der Waals surface area contributed by atoms with Crippen LogP contribution in [0.4, 0.5) is 0 Å². The van der Waals surface area contributed by atoms with Crippen molar-refractivity contribution in [2.75, 3.05) is 19.8 Å². The highest BCUT2D eigenvalue weighted by Gasteiger charge is 2.40. The van der Waals surface area contributed by atoms with Gasteiger partial charge in [-0.25, -0.2) is 0 Å². The van der Waals surface area contributed by atoms with Gasteiger partial charge in [0.15, 0.2) is 0 Å². The van der Waals surface area contributed by atoms with E-state index in [0.717, 1.165) is 12.8 Å². The molecule has 0 saturated carbocycles. The minimum Gasteiger partial charge on any atom is -0.394 e. The van der Waals surface area contributed by atoms with E-state index in [1.807, 2.05) is 0 Å². The van der Waals surface area contributed by atoms with E-state index < -0.39 is 24.4 Å². The van der Waals surface area contributed by atoms with Crippen molar-refractivity contribution in [1.29, 1.82) is 0 Å². The van der Waals surface area contributed by atoms with E-state index in [1.54, 1.807) is 0 Å². The van der Waals surface area contributed by atoms with E-state index in [4.69, 9.17) is 9.47 Å². The third-order valence-corrected chi connectivity index (χ3v) is 6.22. The van der Waals surface area contributed by atoms with Crippen molar-refractivity contribution in [3.63, 3.8) is 0 Å². The minimum atomic E-state index is -0.979.